The van der Waals surface area contributed by atoms with Gasteiger partial charge in [-0.2, -0.15) is 5.10 Å². The van der Waals surface area contributed by atoms with Gasteiger partial charge in [-0.15, -0.1) is 0 Å². The Balaban J connectivity index is 2.08. The fourth-order valence-corrected chi connectivity index (χ4v) is 4.10. The average Bonchev–Trinajstić information content (AvgIpc) is 3.16. The van der Waals surface area contributed by atoms with Crippen molar-refractivity contribution in [3.63, 3.8) is 0 Å². The second-order valence-corrected chi connectivity index (χ2v) is 9.22. The number of H-pyrrole nitrogens is 1. The number of phenols is 1. The van der Waals surface area contributed by atoms with E-state index < -0.39 is 10.0 Å². The molecule has 7 nitrogen and oxygen atoms in total. The molecule has 1 aromatic heterocycles. The van der Waals surface area contributed by atoms with Crippen LogP contribution in [0.5, 0.6) is 5.75 Å². The number of aromatic amines is 1. The highest BCUT2D eigenvalue weighted by molar-refractivity contribution is 7.99. The van der Waals surface area contributed by atoms with E-state index in [9.17, 15) is 13.5 Å². The van der Waals surface area contributed by atoms with Crippen LogP contribution in [0.1, 0.15) is 20.8 Å². The molecule has 0 fully saturated rings. The lowest BCUT2D eigenvalue weighted by Crippen LogP contribution is -2.13. The minimum Gasteiger partial charge on any atom is -0.506 e. The van der Waals surface area contributed by atoms with E-state index in [1.54, 1.807) is 42.5 Å². The van der Waals surface area contributed by atoms with Crippen LogP contribution in [-0.4, -0.2) is 28.7 Å². The Morgan fingerprint density at radius 2 is 1.89 bits per heavy atom. The van der Waals surface area contributed by atoms with Gasteiger partial charge in [0.2, 0.25) is 0 Å². The van der Waals surface area contributed by atoms with Crippen molar-refractivity contribution in [2.75, 3.05) is 4.72 Å². The zero-order chi connectivity index (χ0) is 20.3. The first-order valence-corrected chi connectivity index (χ1v) is 10.7. The molecule has 0 saturated heterocycles. The van der Waals surface area contributed by atoms with E-state index in [0.717, 1.165) is 17.3 Å². The standard InChI is InChI=1S/C19H20N4O3S2/c1-12(2)8-9-13(3)28(25,26)23-16-10-17(27-19-20-11-21-22-19)18(24)15-7-5-4-6-14(15)16/h4-11,23-24H,1-3H3,(H,20,21,22)/b13-9+. The minimum absolute atomic E-state index is 0.0525. The number of rotatable bonds is 6. The van der Waals surface area contributed by atoms with Crippen molar-refractivity contribution < 1.29 is 13.5 Å². The number of sulfonamides is 1. The number of phenolic OH excluding ortho intramolecular Hbond substituents is 1. The molecule has 3 N–H and O–H groups in total. The second-order valence-electron chi connectivity index (χ2n) is 6.34. The van der Waals surface area contributed by atoms with Gasteiger partial charge in [-0.3, -0.25) is 9.82 Å². The summed E-state index contributed by atoms with van der Waals surface area (Å²) in [6.07, 6.45) is 4.67. The highest BCUT2D eigenvalue weighted by Gasteiger charge is 2.18. The number of anilines is 1. The van der Waals surface area contributed by atoms with E-state index in [4.69, 9.17) is 0 Å². The van der Waals surface area contributed by atoms with Crippen molar-refractivity contribution in [2.24, 2.45) is 0 Å². The minimum atomic E-state index is -3.75. The number of aromatic hydroxyl groups is 1. The van der Waals surface area contributed by atoms with Crippen LogP contribution in [0.4, 0.5) is 5.69 Å². The summed E-state index contributed by atoms with van der Waals surface area (Å²) in [7, 11) is -3.75. The molecule has 0 amide bonds. The van der Waals surface area contributed by atoms with Gasteiger partial charge in [0.1, 0.15) is 12.1 Å². The van der Waals surface area contributed by atoms with E-state index in [0.29, 0.717) is 26.5 Å². The van der Waals surface area contributed by atoms with Gasteiger partial charge in [-0.25, -0.2) is 13.4 Å². The molecule has 0 spiro atoms. The number of allylic oxidation sites excluding steroid dienone is 4. The normalized spacial score (nSPS) is 12.2. The summed E-state index contributed by atoms with van der Waals surface area (Å²) in [6, 6.07) is 8.65. The molecule has 146 valence electrons. The van der Waals surface area contributed by atoms with E-state index in [-0.39, 0.29) is 10.7 Å². The molecule has 3 rings (SSSR count). The molecule has 1 heterocycles. The van der Waals surface area contributed by atoms with Crippen LogP contribution in [0.15, 0.2) is 69.3 Å². The van der Waals surface area contributed by atoms with Gasteiger partial charge in [-0.05, 0) is 44.7 Å². The first kappa shape index (κ1) is 20.0. The Kier molecular flexibility index (Phi) is 5.76. The SMILES string of the molecule is CC(C)=C/C=C(\C)S(=O)(=O)Nc1cc(Sc2ncn[nH]2)c(O)c2ccccc12. The molecule has 2 aromatic carbocycles. The Morgan fingerprint density at radius 3 is 2.54 bits per heavy atom. The van der Waals surface area contributed by atoms with Gasteiger partial charge >= 0.3 is 0 Å². The van der Waals surface area contributed by atoms with Crippen molar-refractivity contribution in [1.82, 2.24) is 15.2 Å². The number of benzene rings is 2. The molecule has 0 radical (unpaired) electrons. The Bertz CT molecular complexity index is 1160. The molecule has 3 aromatic rings. The lowest BCUT2D eigenvalue weighted by molar-refractivity contribution is 0.469. The van der Waals surface area contributed by atoms with E-state index in [1.165, 1.54) is 13.3 Å². The number of nitrogens with zero attached hydrogens (tertiary/aromatic N) is 2. The molecule has 0 aliphatic rings. The molecular formula is C19H20N4O3S2. The molecule has 0 aliphatic carbocycles. The number of aromatic nitrogens is 3. The fraction of sp³-hybridized carbons (Fsp3) is 0.158. The Morgan fingerprint density at radius 1 is 1.18 bits per heavy atom. The largest absolute Gasteiger partial charge is 0.506 e. The van der Waals surface area contributed by atoms with Crippen LogP contribution in [0.25, 0.3) is 10.8 Å². The molecule has 0 aliphatic heterocycles. The number of nitrogens with one attached hydrogen (secondary N) is 2. The first-order chi connectivity index (χ1) is 13.3. The summed E-state index contributed by atoms with van der Waals surface area (Å²) in [5.74, 6) is 0.0525. The summed E-state index contributed by atoms with van der Waals surface area (Å²) in [6.45, 7) is 5.32. The topological polar surface area (TPSA) is 108 Å². The summed E-state index contributed by atoms with van der Waals surface area (Å²) in [4.78, 5) is 4.68. The smallest absolute Gasteiger partial charge is 0.257 e. The highest BCUT2D eigenvalue weighted by atomic mass is 32.2. The fourth-order valence-electron chi connectivity index (χ4n) is 2.44. The molecule has 0 unspecified atom stereocenters. The Labute approximate surface area is 167 Å². The van der Waals surface area contributed by atoms with Crippen LogP contribution in [0.3, 0.4) is 0 Å². The summed E-state index contributed by atoms with van der Waals surface area (Å²) in [5.41, 5.74) is 1.37. The monoisotopic (exact) mass is 416 g/mol. The van der Waals surface area contributed by atoms with Gasteiger partial charge in [-0.1, -0.05) is 35.9 Å². The lowest BCUT2D eigenvalue weighted by atomic mass is 10.1. The van der Waals surface area contributed by atoms with Gasteiger partial charge in [0.25, 0.3) is 10.0 Å². The average molecular weight is 417 g/mol. The van der Waals surface area contributed by atoms with Crippen LogP contribution in [-0.2, 0) is 10.0 Å². The molecule has 9 heteroatoms. The predicted molar refractivity (Wildman–Crippen MR) is 112 cm³/mol. The predicted octanol–water partition coefficient (Wildman–Crippen LogP) is 4.43. The summed E-state index contributed by atoms with van der Waals surface area (Å²) < 4.78 is 28.2. The molecule has 0 saturated carbocycles. The van der Waals surface area contributed by atoms with Crippen molar-refractivity contribution in [1.29, 1.82) is 0 Å². The van der Waals surface area contributed by atoms with Gasteiger partial charge in [0.05, 0.1) is 15.5 Å². The lowest BCUT2D eigenvalue weighted by Gasteiger charge is -2.14. The first-order valence-electron chi connectivity index (χ1n) is 8.40. The van der Waals surface area contributed by atoms with Crippen molar-refractivity contribution in [2.45, 2.75) is 30.8 Å². The van der Waals surface area contributed by atoms with Crippen molar-refractivity contribution in [3.05, 3.63) is 59.3 Å². The van der Waals surface area contributed by atoms with E-state index in [2.05, 4.69) is 19.9 Å². The second kappa shape index (κ2) is 8.07. The van der Waals surface area contributed by atoms with Gasteiger partial charge < -0.3 is 5.11 Å². The third-order valence-electron chi connectivity index (χ3n) is 3.90. The van der Waals surface area contributed by atoms with Crippen LogP contribution < -0.4 is 4.72 Å². The maximum Gasteiger partial charge on any atom is 0.257 e. The maximum absolute atomic E-state index is 12.8. The quantitative estimate of drug-likeness (QED) is 0.405. The number of fused-ring (bicyclic) bond motifs is 1. The third kappa shape index (κ3) is 4.37. The molecule has 0 atom stereocenters. The highest BCUT2D eigenvalue weighted by Crippen LogP contribution is 2.42. The van der Waals surface area contributed by atoms with Crippen LogP contribution in [0, 0.1) is 0 Å². The van der Waals surface area contributed by atoms with Gasteiger partial charge in [0.15, 0.2) is 5.16 Å². The maximum atomic E-state index is 12.8. The van der Waals surface area contributed by atoms with Crippen LogP contribution >= 0.6 is 11.8 Å². The van der Waals surface area contributed by atoms with Crippen molar-refractivity contribution in [3.8, 4) is 5.75 Å². The summed E-state index contributed by atoms with van der Waals surface area (Å²) in [5, 5.41) is 18.8. The molecule has 28 heavy (non-hydrogen) atoms. The van der Waals surface area contributed by atoms with Crippen LogP contribution in [0.2, 0.25) is 0 Å². The zero-order valence-corrected chi connectivity index (χ0v) is 17.2. The van der Waals surface area contributed by atoms with E-state index in [1.807, 2.05) is 13.8 Å². The van der Waals surface area contributed by atoms with Crippen molar-refractivity contribution >= 4 is 38.2 Å². The third-order valence-corrected chi connectivity index (χ3v) is 6.29. The summed E-state index contributed by atoms with van der Waals surface area (Å²) >= 11 is 1.16. The number of hydrogen-bond acceptors (Lipinski definition) is 6. The Hall–Kier alpha value is -2.78. The van der Waals surface area contributed by atoms with E-state index >= 15 is 0 Å². The zero-order valence-electron chi connectivity index (χ0n) is 15.6. The molecule has 0 bridgehead atoms. The van der Waals surface area contributed by atoms with Gasteiger partial charge in [0, 0.05) is 10.8 Å². The number of hydrogen-bond donors (Lipinski definition) is 3. The molecular weight excluding hydrogens is 396 g/mol.